The number of hydrogen-bond acceptors (Lipinski definition) is 6. The van der Waals surface area contributed by atoms with Crippen molar-refractivity contribution in [1.82, 2.24) is 5.32 Å². The molecule has 0 saturated heterocycles. The van der Waals surface area contributed by atoms with Crippen LogP contribution in [0.4, 0.5) is 4.79 Å². The molecule has 2 aromatic carbocycles. The second kappa shape index (κ2) is 11.6. The maximum atomic E-state index is 12.5. The highest BCUT2D eigenvalue weighted by molar-refractivity contribution is 5.91. The van der Waals surface area contributed by atoms with Crippen molar-refractivity contribution in [3.05, 3.63) is 71.3 Å². The maximum absolute atomic E-state index is 12.5. The Hall–Kier alpha value is -3.35. The van der Waals surface area contributed by atoms with Gasteiger partial charge in [0.2, 0.25) is 6.10 Å². The van der Waals surface area contributed by atoms with Crippen molar-refractivity contribution >= 4 is 18.0 Å². The summed E-state index contributed by atoms with van der Waals surface area (Å²) in [7, 11) is 0. The molecule has 0 aromatic heterocycles. The van der Waals surface area contributed by atoms with Crippen LogP contribution in [-0.2, 0) is 25.6 Å². The monoisotopic (exact) mass is 413 g/mol. The van der Waals surface area contributed by atoms with E-state index in [9.17, 15) is 14.4 Å². The standard InChI is InChI=1S/C23H27NO6/c1-4-28-22(26)20(30-21(25)19-12-8-9-16(2)13-19)17(3)14-24-23(27)29-15-18-10-6-5-7-11-18/h5-13,17,20H,4,14-15H2,1-3H3,(H,24,27)/t17-,20-/m0/s1. The van der Waals surface area contributed by atoms with Gasteiger partial charge in [-0.25, -0.2) is 14.4 Å². The molecule has 0 aliphatic heterocycles. The number of ether oxygens (including phenoxy) is 3. The van der Waals surface area contributed by atoms with Crippen LogP contribution in [0.3, 0.4) is 0 Å². The summed E-state index contributed by atoms with van der Waals surface area (Å²) in [5, 5.41) is 2.59. The van der Waals surface area contributed by atoms with Crippen molar-refractivity contribution in [2.24, 2.45) is 5.92 Å². The SMILES string of the molecule is CCOC(=O)[C@@H](OC(=O)c1cccc(C)c1)[C@@H](C)CNC(=O)OCc1ccccc1. The topological polar surface area (TPSA) is 90.9 Å². The summed E-state index contributed by atoms with van der Waals surface area (Å²) in [5.41, 5.74) is 2.09. The summed E-state index contributed by atoms with van der Waals surface area (Å²) >= 11 is 0. The third kappa shape index (κ3) is 7.24. The summed E-state index contributed by atoms with van der Waals surface area (Å²) in [6.45, 7) is 5.55. The van der Waals surface area contributed by atoms with E-state index < -0.39 is 30.1 Å². The Morgan fingerprint density at radius 3 is 2.40 bits per heavy atom. The lowest BCUT2D eigenvalue weighted by molar-refractivity contribution is -0.156. The van der Waals surface area contributed by atoms with Crippen LogP contribution in [0.15, 0.2) is 54.6 Å². The molecule has 2 rings (SSSR count). The van der Waals surface area contributed by atoms with Crippen molar-refractivity contribution < 1.29 is 28.6 Å². The van der Waals surface area contributed by atoms with Crippen LogP contribution in [0.1, 0.15) is 35.3 Å². The summed E-state index contributed by atoms with van der Waals surface area (Å²) in [4.78, 5) is 36.8. The van der Waals surface area contributed by atoms with Crippen molar-refractivity contribution in [3.63, 3.8) is 0 Å². The van der Waals surface area contributed by atoms with Crippen LogP contribution in [0, 0.1) is 12.8 Å². The molecule has 1 amide bonds. The summed E-state index contributed by atoms with van der Waals surface area (Å²) in [6, 6.07) is 16.1. The number of hydrogen-bond donors (Lipinski definition) is 1. The highest BCUT2D eigenvalue weighted by Crippen LogP contribution is 2.14. The number of alkyl carbamates (subject to hydrolysis) is 1. The van der Waals surface area contributed by atoms with Gasteiger partial charge in [0.15, 0.2) is 0 Å². The van der Waals surface area contributed by atoms with Gasteiger partial charge in [0.25, 0.3) is 0 Å². The molecule has 0 radical (unpaired) electrons. The van der Waals surface area contributed by atoms with Gasteiger partial charge in [0, 0.05) is 12.5 Å². The molecule has 0 bridgehead atoms. The first kappa shape index (κ1) is 22.9. The number of aryl methyl sites for hydroxylation is 1. The molecular formula is C23H27NO6. The molecule has 0 fully saturated rings. The fourth-order valence-electron chi connectivity index (χ4n) is 2.70. The number of benzene rings is 2. The predicted octanol–water partition coefficient (Wildman–Crippen LogP) is 3.65. The smallest absolute Gasteiger partial charge is 0.407 e. The van der Waals surface area contributed by atoms with Crippen LogP contribution in [-0.4, -0.2) is 37.3 Å². The predicted molar refractivity (Wildman–Crippen MR) is 111 cm³/mol. The van der Waals surface area contributed by atoms with E-state index in [0.717, 1.165) is 11.1 Å². The lowest BCUT2D eigenvalue weighted by Gasteiger charge is -2.22. The lowest BCUT2D eigenvalue weighted by atomic mass is 10.0. The van der Waals surface area contributed by atoms with Gasteiger partial charge in [0.1, 0.15) is 6.61 Å². The van der Waals surface area contributed by atoms with E-state index >= 15 is 0 Å². The lowest BCUT2D eigenvalue weighted by Crippen LogP contribution is -2.41. The second-order valence-corrected chi connectivity index (χ2v) is 6.87. The van der Waals surface area contributed by atoms with Crippen LogP contribution >= 0.6 is 0 Å². The minimum atomic E-state index is -1.16. The molecule has 2 aromatic rings. The zero-order chi connectivity index (χ0) is 21.9. The third-order valence-electron chi connectivity index (χ3n) is 4.30. The average Bonchev–Trinajstić information content (AvgIpc) is 2.75. The third-order valence-corrected chi connectivity index (χ3v) is 4.30. The first-order chi connectivity index (χ1) is 14.4. The summed E-state index contributed by atoms with van der Waals surface area (Å²) in [6.07, 6.45) is -1.79. The van der Waals surface area contributed by atoms with Crippen LogP contribution < -0.4 is 5.32 Å². The fraction of sp³-hybridized carbons (Fsp3) is 0.348. The summed E-state index contributed by atoms with van der Waals surface area (Å²) < 4.78 is 15.6. The molecule has 0 saturated carbocycles. The molecule has 30 heavy (non-hydrogen) atoms. The zero-order valence-electron chi connectivity index (χ0n) is 17.4. The van der Waals surface area contributed by atoms with Crippen molar-refractivity contribution in [2.45, 2.75) is 33.5 Å². The first-order valence-electron chi connectivity index (χ1n) is 9.79. The highest BCUT2D eigenvalue weighted by Gasteiger charge is 2.31. The quantitative estimate of drug-likeness (QED) is 0.498. The van der Waals surface area contributed by atoms with Crippen LogP contribution in [0.2, 0.25) is 0 Å². The Labute approximate surface area is 176 Å². The highest BCUT2D eigenvalue weighted by atomic mass is 16.6. The van der Waals surface area contributed by atoms with E-state index in [1.165, 1.54) is 0 Å². The Balaban J connectivity index is 1.93. The van der Waals surface area contributed by atoms with Gasteiger partial charge in [-0.3, -0.25) is 0 Å². The van der Waals surface area contributed by atoms with Crippen molar-refractivity contribution in [2.75, 3.05) is 13.2 Å². The van der Waals surface area contributed by atoms with Crippen LogP contribution in [0.25, 0.3) is 0 Å². The molecule has 0 aliphatic carbocycles. The van der Waals surface area contributed by atoms with E-state index in [0.29, 0.717) is 5.56 Å². The largest absolute Gasteiger partial charge is 0.463 e. The fourth-order valence-corrected chi connectivity index (χ4v) is 2.70. The Bertz CT molecular complexity index is 852. The Morgan fingerprint density at radius 1 is 1.00 bits per heavy atom. The molecule has 7 nitrogen and oxygen atoms in total. The molecule has 0 aliphatic rings. The molecular weight excluding hydrogens is 386 g/mol. The minimum absolute atomic E-state index is 0.0677. The van der Waals surface area contributed by atoms with Gasteiger partial charge in [-0.1, -0.05) is 55.0 Å². The number of carbonyl (C=O) groups excluding carboxylic acids is 3. The summed E-state index contributed by atoms with van der Waals surface area (Å²) in [5.74, 6) is -1.82. The number of nitrogens with one attached hydrogen (secondary N) is 1. The van der Waals surface area contributed by atoms with Gasteiger partial charge in [-0.15, -0.1) is 0 Å². The molecule has 1 N–H and O–H groups in total. The normalized spacial score (nSPS) is 12.4. The number of rotatable bonds is 9. The van der Waals surface area contributed by atoms with Crippen LogP contribution in [0.5, 0.6) is 0 Å². The van der Waals surface area contributed by atoms with Gasteiger partial charge >= 0.3 is 18.0 Å². The number of amides is 1. The molecule has 7 heteroatoms. The molecule has 0 spiro atoms. The van der Waals surface area contributed by atoms with Gasteiger partial charge in [-0.05, 0) is 31.5 Å². The zero-order valence-corrected chi connectivity index (χ0v) is 17.4. The van der Waals surface area contributed by atoms with Gasteiger partial charge < -0.3 is 19.5 Å². The first-order valence-corrected chi connectivity index (χ1v) is 9.79. The van der Waals surface area contributed by atoms with E-state index in [-0.39, 0.29) is 19.8 Å². The van der Waals surface area contributed by atoms with Crippen molar-refractivity contribution in [1.29, 1.82) is 0 Å². The van der Waals surface area contributed by atoms with E-state index in [1.807, 2.05) is 43.3 Å². The Morgan fingerprint density at radius 2 is 1.73 bits per heavy atom. The molecule has 160 valence electrons. The molecule has 0 heterocycles. The minimum Gasteiger partial charge on any atom is -0.463 e. The van der Waals surface area contributed by atoms with E-state index in [1.54, 1.807) is 32.0 Å². The molecule has 2 atom stereocenters. The number of esters is 2. The van der Waals surface area contributed by atoms with Gasteiger partial charge in [0.05, 0.1) is 12.2 Å². The van der Waals surface area contributed by atoms with Crippen molar-refractivity contribution in [3.8, 4) is 0 Å². The van der Waals surface area contributed by atoms with E-state index in [2.05, 4.69) is 5.32 Å². The van der Waals surface area contributed by atoms with Gasteiger partial charge in [-0.2, -0.15) is 0 Å². The second-order valence-electron chi connectivity index (χ2n) is 6.87. The van der Waals surface area contributed by atoms with E-state index in [4.69, 9.17) is 14.2 Å². The molecule has 0 unspecified atom stereocenters. The maximum Gasteiger partial charge on any atom is 0.407 e. The number of carbonyl (C=O) groups is 3. The average molecular weight is 413 g/mol. The Kier molecular flexibility index (Phi) is 8.87.